The first-order valence-electron chi connectivity index (χ1n) is 19.6. The highest BCUT2D eigenvalue weighted by molar-refractivity contribution is 7.26. The van der Waals surface area contributed by atoms with E-state index in [2.05, 4.69) is 175 Å². The Balaban J connectivity index is 0.941. The minimum absolute atomic E-state index is 0.310. The Morgan fingerprint density at radius 3 is 2.07 bits per heavy atom. The molecule has 11 aromatic rings. The Bertz CT molecular complexity index is 3500. The van der Waals surface area contributed by atoms with Crippen molar-refractivity contribution in [2.75, 3.05) is 0 Å². The molecule has 272 valence electrons. The minimum atomic E-state index is -0.310. The van der Waals surface area contributed by atoms with Gasteiger partial charge in [0.05, 0.1) is 0 Å². The van der Waals surface area contributed by atoms with Crippen molar-refractivity contribution in [3.63, 3.8) is 0 Å². The number of furan rings is 1. The molecule has 1 unspecified atom stereocenters. The molecule has 1 aliphatic heterocycles. The summed E-state index contributed by atoms with van der Waals surface area (Å²) in [6.07, 6.45) is -0.310. The average molecular weight is 760 g/mol. The van der Waals surface area contributed by atoms with E-state index in [0.29, 0.717) is 5.84 Å². The number of benzene rings is 9. The lowest BCUT2D eigenvalue weighted by Crippen LogP contribution is -2.33. The normalized spacial score (nSPS) is 14.4. The molecule has 1 N–H and O–H groups in total. The molecule has 12 rings (SSSR count). The van der Waals surface area contributed by atoms with Gasteiger partial charge in [-0.05, 0) is 86.3 Å². The quantitative estimate of drug-likeness (QED) is 0.190. The predicted octanol–water partition coefficient (Wildman–Crippen LogP) is 14.1. The number of aliphatic imine (C=N–C) groups is 2. The van der Waals surface area contributed by atoms with Crippen LogP contribution in [0.25, 0.3) is 85.9 Å². The molecule has 1 aliphatic rings. The van der Waals surface area contributed by atoms with Crippen LogP contribution in [-0.2, 0) is 0 Å². The van der Waals surface area contributed by atoms with Crippen LogP contribution in [0.3, 0.4) is 0 Å². The summed E-state index contributed by atoms with van der Waals surface area (Å²) in [5, 5.41) is 13.3. The van der Waals surface area contributed by atoms with Crippen LogP contribution in [0.5, 0.6) is 0 Å². The molecule has 0 saturated heterocycles. The summed E-state index contributed by atoms with van der Waals surface area (Å²) < 4.78 is 9.07. The molecule has 0 fully saturated rings. The van der Waals surface area contributed by atoms with Gasteiger partial charge in [0.25, 0.3) is 0 Å². The van der Waals surface area contributed by atoms with Crippen molar-refractivity contribution in [1.29, 1.82) is 0 Å². The van der Waals surface area contributed by atoms with Gasteiger partial charge in [0.15, 0.2) is 5.84 Å². The van der Waals surface area contributed by atoms with E-state index in [1.807, 2.05) is 29.5 Å². The van der Waals surface area contributed by atoms with E-state index in [9.17, 15) is 0 Å². The van der Waals surface area contributed by atoms with Crippen LogP contribution in [0.2, 0.25) is 0 Å². The van der Waals surface area contributed by atoms with Crippen LogP contribution >= 0.6 is 11.3 Å². The molecule has 0 radical (unpaired) electrons. The van der Waals surface area contributed by atoms with Crippen molar-refractivity contribution in [3.05, 3.63) is 205 Å². The standard InChI is InChI=1S/C53H33N3OS/c1-2-11-34(12-3-1)51-54-52(56-53(55-51)45-17-8-16-43-42-14-6-7-19-48(42)58-50(43)45)39-25-22-33-21-24-38(29-40(33)30-39)41-15-9-18-46-49(41)44-27-26-37(31-47(44)57-46)36-23-20-32-10-4-5-13-35(32)28-36/h1-31,53H,(H,54,55,56). The third-order valence-corrected chi connectivity index (χ3v) is 12.7. The summed E-state index contributed by atoms with van der Waals surface area (Å²) in [5.41, 5.74) is 9.50. The SMILES string of the molecule is c1ccc(C2=NC(c3cccc4c3sc3ccccc34)NC(c3ccc4ccc(-c5cccc6oc7cc(-c8ccc9ccccc9c8)ccc7c56)cc4c3)=N2)cc1. The molecule has 0 bridgehead atoms. The van der Waals surface area contributed by atoms with E-state index >= 15 is 0 Å². The lowest BCUT2D eigenvalue weighted by molar-refractivity contribution is 0.669. The number of nitrogens with zero attached hydrogens (tertiary/aromatic N) is 2. The van der Waals surface area contributed by atoms with E-state index in [4.69, 9.17) is 14.4 Å². The zero-order valence-electron chi connectivity index (χ0n) is 31.2. The van der Waals surface area contributed by atoms with Crippen LogP contribution in [0, 0.1) is 0 Å². The highest BCUT2D eigenvalue weighted by Crippen LogP contribution is 2.41. The van der Waals surface area contributed by atoms with Crippen LogP contribution in [0.4, 0.5) is 0 Å². The maximum Gasteiger partial charge on any atom is 0.159 e. The van der Waals surface area contributed by atoms with Crippen LogP contribution in [0.15, 0.2) is 202 Å². The van der Waals surface area contributed by atoms with Gasteiger partial charge in [0.1, 0.15) is 23.2 Å². The fourth-order valence-corrected chi connectivity index (χ4v) is 9.87. The molecular weight excluding hydrogens is 727 g/mol. The summed E-state index contributed by atoms with van der Waals surface area (Å²) in [6.45, 7) is 0. The van der Waals surface area contributed by atoms with Gasteiger partial charge >= 0.3 is 0 Å². The molecule has 0 aliphatic carbocycles. The van der Waals surface area contributed by atoms with Gasteiger partial charge in [0.2, 0.25) is 0 Å². The van der Waals surface area contributed by atoms with E-state index in [0.717, 1.165) is 71.9 Å². The second-order valence-electron chi connectivity index (χ2n) is 15.0. The summed E-state index contributed by atoms with van der Waals surface area (Å²) in [6, 6.07) is 66.9. The van der Waals surface area contributed by atoms with Crippen molar-refractivity contribution in [2.24, 2.45) is 9.98 Å². The first-order valence-corrected chi connectivity index (χ1v) is 20.4. The second kappa shape index (κ2) is 13.1. The maximum absolute atomic E-state index is 6.55. The lowest BCUT2D eigenvalue weighted by atomic mass is 9.95. The third-order valence-electron chi connectivity index (χ3n) is 11.5. The monoisotopic (exact) mass is 759 g/mol. The molecule has 58 heavy (non-hydrogen) atoms. The van der Waals surface area contributed by atoms with Crippen molar-refractivity contribution in [2.45, 2.75) is 6.17 Å². The highest BCUT2D eigenvalue weighted by Gasteiger charge is 2.24. The Labute approximate surface area is 338 Å². The summed E-state index contributed by atoms with van der Waals surface area (Å²) in [5.74, 6) is 1.52. The van der Waals surface area contributed by atoms with Crippen molar-refractivity contribution in [1.82, 2.24) is 5.32 Å². The van der Waals surface area contributed by atoms with Crippen molar-refractivity contribution >= 4 is 86.7 Å². The number of nitrogens with one attached hydrogen (secondary N) is 1. The molecule has 3 heterocycles. The topological polar surface area (TPSA) is 49.9 Å². The van der Waals surface area contributed by atoms with E-state index in [1.54, 1.807) is 0 Å². The molecule has 0 spiro atoms. The van der Waals surface area contributed by atoms with Gasteiger partial charge in [-0.25, -0.2) is 9.98 Å². The highest BCUT2D eigenvalue weighted by atomic mass is 32.1. The van der Waals surface area contributed by atoms with E-state index in [1.165, 1.54) is 36.5 Å². The van der Waals surface area contributed by atoms with Crippen molar-refractivity contribution in [3.8, 4) is 22.3 Å². The fraction of sp³-hybridized carbons (Fsp3) is 0.0189. The second-order valence-corrected chi connectivity index (χ2v) is 16.0. The molecule has 9 aromatic carbocycles. The van der Waals surface area contributed by atoms with Gasteiger partial charge in [-0.15, -0.1) is 11.3 Å². The van der Waals surface area contributed by atoms with E-state index in [-0.39, 0.29) is 6.17 Å². The molecule has 0 amide bonds. The number of amidine groups is 2. The Morgan fingerprint density at radius 2 is 1.16 bits per heavy atom. The summed E-state index contributed by atoms with van der Waals surface area (Å²) in [4.78, 5) is 10.4. The van der Waals surface area contributed by atoms with Crippen LogP contribution in [-0.4, -0.2) is 11.7 Å². The lowest BCUT2D eigenvalue weighted by Gasteiger charge is -2.24. The minimum Gasteiger partial charge on any atom is -0.456 e. The Kier molecular flexibility index (Phi) is 7.43. The Hall–Kier alpha value is -7.34. The smallest absolute Gasteiger partial charge is 0.159 e. The van der Waals surface area contributed by atoms with Gasteiger partial charge in [-0.1, -0.05) is 146 Å². The number of rotatable bonds is 5. The maximum atomic E-state index is 6.55. The first-order chi connectivity index (χ1) is 28.7. The van der Waals surface area contributed by atoms with Gasteiger partial charge in [-0.3, -0.25) is 0 Å². The molecule has 5 heteroatoms. The number of thiophene rings is 1. The summed E-state index contributed by atoms with van der Waals surface area (Å²) in [7, 11) is 0. The fourth-order valence-electron chi connectivity index (χ4n) is 8.63. The number of fused-ring (bicyclic) bond motifs is 8. The largest absolute Gasteiger partial charge is 0.456 e. The molecule has 0 saturated carbocycles. The Morgan fingerprint density at radius 1 is 0.466 bits per heavy atom. The molecule has 2 aromatic heterocycles. The van der Waals surface area contributed by atoms with Gasteiger partial charge < -0.3 is 9.73 Å². The average Bonchev–Trinajstić information content (AvgIpc) is 3.87. The summed E-state index contributed by atoms with van der Waals surface area (Å²) >= 11 is 1.82. The number of hydrogen-bond acceptors (Lipinski definition) is 5. The van der Waals surface area contributed by atoms with Crippen molar-refractivity contribution < 1.29 is 4.42 Å². The number of hydrogen-bond donors (Lipinski definition) is 1. The molecule has 1 atom stereocenters. The molecular formula is C53H33N3OS. The van der Waals surface area contributed by atoms with Gasteiger partial charge in [-0.2, -0.15) is 0 Å². The molecule has 4 nitrogen and oxygen atoms in total. The first kappa shape index (κ1) is 32.9. The zero-order valence-corrected chi connectivity index (χ0v) is 32.0. The third kappa shape index (κ3) is 5.43. The predicted molar refractivity (Wildman–Crippen MR) is 244 cm³/mol. The van der Waals surface area contributed by atoms with Crippen LogP contribution in [0.1, 0.15) is 22.9 Å². The van der Waals surface area contributed by atoms with Gasteiger partial charge in [0, 0.05) is 47.6 Å². The van der Waals surface area contributed by atoms with Crippen LogP contribution < -0.4 is 5.32 Å². The van der Waals surface area contributed by atoms with E-state index < -0.39 is 0 Å². The zero-order chi connectivity index (χ0) is 38.2.